The largest absolute Gasteiger partial charge is 0.323 e. The van der Waals surface area contributed by atoms with E-state index in [0.717, 1.165) is 30.5 Å². The van der Waals surface area contributed by atoms with E-state index in [9.17, 15) is 4.79 Å². The van der Waals surface area contributed by atoms with E-state index in [0.29, 0.717) is 16.6 Å². The average molecular weight is 324 g/mol. The molecule has 6 heteroatoms. The molecule has 0 bridgehead atoms. The molecule has 1 amide bonds. The van der Waals surface area contributed by atoms with Crippen LogP contribution in [0.15, 0.2) is 30.6 Å². The van der Waals surface area contributed by atoms with Crippen molar-refractivity contribution in [3.63, 3.8) is 0 Å². The zero-order valence-electron chi connectivity index (χ0n) is 11.4. The summed E-state index contributed by atoms with van der Waals surface area (Å²) >= 11 is 12.0. The zero-order valence-corrected chi connectivity index (χ0v) is 12.9. The topological polar surface area (TPSA) is 46.9 Å². The molecular weight excluding hydrogens is 309 g/mol. The van der Waals surface area contributed by atoms with E-state index in [1.165, 1.54) is 0 Å². The van der Waals surface area contributed by atoms with Gasteiger partial charge < -0.3 is 5.32 Å². The van der Waals surface area contributed by atoms with Crippen LogP contribution in [0.5, 0.6) is 0 Å². The number of carbonyl (C=O) groups is 1. The van der Waals surface area contributed by atoms with Crippen LogP contribution in [0.2, 0.25) is 10.0 Å². The Morgan fingerprint density at radius 3 is 2.86 bits per heavy atom. The molecule has 3 rings (SSSR count). The van der Waals surface area contributed by atoms with Gasteiger partial charge in [0, 0.05) is 22.2 Å². The lowest BCUT2D eigenvalue weighted by molar-refractivity contribution is -0.122. The molecule has 0 saturated heterocycles. The molecule has 21 heavy (non-hydrogen) atoms. The van der Waals surface area contributed by atoms with Crippen molar-refractivity contribution in [2.24, 2.45) is 5.92 Å². The summed E-state index contributed by atoms with van der Waals surface area (Å²) in [5.41, 5.74) is 1.65. The minimum absolute atomic E-state index is 0.0883. The first-order chi connectivity index (χ1) is 10.1. The Labute approximate surface area is 133 Å². The van der Waals surface area contributed by atoms with Crippen LogP contribution < -0.4 is 5.32 Å². The van der Waals surface area contributed by atoms with Gasteiger partial charge in [-0.2, -0.15) is 5.10 Å². The normalized spacial score (nSPS) is 14.8. The number of benzene rings is 1. The Morgan fingerprint density at radius 2 is 2.19 bits per heavy atom. The predicted molar refractivity (Wildman–Crippen MR) is 83.8 cm³/mol. The van der Waals surface area contributed by atoms with E-state index in [-0.39, 0.29) is 11.8 Å². The Kier molecular flexibility index (Phi) is 4.17. The molecule has 1 saturated carbocycles. The number of rotatable bonds is 4. The molecule has 0 radical (unpaired) electrons. The van der Waals surface area contributed by atoms with Crippen molar-refractivity contribution in [1.29, 1.82) is 0 Å². The highest BCUT2D eigenvalue weighted by atomic mass is 35.5. The van der Waals surface area contributed by atoms with E-state index < -0.39 is 0 Å². The molecule has 0 aliphatic heterocycles. The first-order valence-corrected chi connectivity index (χ1v) is 7.64. The highest BCUT2D eigenvalue weighted by molar-refractivity contribution is 6.35. The molecule has 0 unspecified atom stereocenters. The third kappa shape index (κ3) is 3.39. The second kappa shape index (κ2) is 6.08. The second-order valence-electron chi connectivity index (χ2n) is 5.28. The molecule has 1 aliphatic rings. The van der Waals surface area contributed by atoms with Gasteiger partial charge >= 0.3 is 0 Å². The third-order valence-corrected chi connectivity index (χ3v) is 4.31. The summed E-state index contributed by atoms with van der Waals surface area (Å²) in [4.78, 5) is 11.9. The van der Waals surface area contributed by atoms with E-state index in [1.54, 1.807) is 23.0 Å². The Hall–Kier alpha value is -1.52. The van der Waals surface area contributed by atoms with Crippen LogP contribution in [0.25, 0.3) is 0 Å². The Morgan fingerprint density at radius 1 is 1.38 bits per heavy atom. The van der Waals surface area contributed by atoms with Crippen molar-refractivity contribution in [3.8, 4) is 0 Å². The first-order valence-electron chi connectivity index (χ1n) is 6.89. The van der Waals surface area contributed by atoms with E-state index in [2.05, 4.69) is 10.4 Å². The van der Waals surface area contributed by atoms with Crippen LogP contribution in [-0.2, 0) is 11.3 Å². The number of nitrogens with one attached hydrogen (secondary N) is 1. The molecule has 0 spiro atoms. The van der Waals surface area contributed by atoms with Crippen molar-refractivity contribution in [3.05, 3.63) is 46.2 Å². The molecule has 2 aromatic rings. The van der Waals surface area contributed by atoms with Gasteiger partial charge in [-0.3, -0.25) is 9.48 Å². The van der Waals surface area contributed by atoms with Crippen LogP contribution in [0.3, 0.4) is 0 Å². The molecule has 4 nitrogen and oxygen atoms in total. The minimum Gasteiger partial charge on any atom is -0.323 e. The summed E-state index contributed by atoms with van der Waals surface area (Å²) in [5.74, 6) is 0.254. The second-order valence-corrected chi connectivity index (χ2v) is 6.12. The fourth-order valence-electron chi connectivity index (χ4n) is 2.25. The van der Waals surface area contributed by atoms with Crippen molar-refractivity contribution in [2.75, 3.05) is 5.32 Å². The average Bonchev–Trinajstić information content (AvgIpc) is 2.78. The number of carbonyl (C=O) groups excluding carboxylic acids is 1. The van der Waals surface area contributed by atoms with Crippen LogP contribution in [0.4, 0.5) is 5.69 Å². The maximum absolute atomic E-state index is 11.9. The fourth-order valence-corrected chi connectivity index (χ4v) is 2.72. The summed E-state index contributed by atoms with van der Waals surface area (Å²) in [7, 11) is 0. The van der Waals surface area contributed by atoms with Gasteiger partial charge in [0.15, 0.2) is 0 Å². The van der Waals surface area contributed by atoms with E-state index >= 15 is 0 Å². The molecular formula is C15H15Cl2N3O. The molecule has 1 N–H and O–H groups in total. The minimum atomic E-state index is 0.0883. The summed E-state index contributed by atoms with van der Waals surface area (Å²) in [5, 5.41) is 8.36. The molecule has 1 aromatic carbocycles. The Bertz CT molecular complexity index is 665. The lowest BCUT2D eigenvalue weighted by Gasteiger charge is -2.23. The smallest absolute Gasteiger partial charge is 0.227 e. The third-order valence-electron chi connectivity index (χ3n) is 3.72. The predicted octanol–water partition coefficient (Wildman–Crippen LogP) is 3.98. The number of hydrogen-bond acceptors (Lipinski definition) is 2. The van der Waals surface area contributed by atoms with Crippen LogP contribution in [0.1, 0.15) is 24.8 Å². The number of amides is 1. The van der Waals surface area contributed by atoms with Crippen LogP contribution >= 0.6 is 23.2 Å². The molecule has 1 aliphatic carbocycles. The maximum Gasteiger partial charge on any atom is 0.227 e. The lowest BCUT2D eigenvalue weighted by atomic mass is 9.85. The van der Waals surface area contributed by atoms with Crippen LogP contribution in [-0.4, -0.2) is 15.7 Å². The molecule has 1 fully saturated rings. The number of aromatic nitrogens is 2. The molecule has 110 valence electrons. The number of nitrogens with zero attached hydrogens (tertiary/aromatic N) is 2. The van der Waals surface area contributed by atoms with Gasteiger partial charge in [0.25, 0.3) is 0 Å². The van der Waals surface area contributed by atoms with E-state index in [4.69, 9.17) is 23.2 Å². The quantitative estimate of drug-likeness (QED) is 0.925. The van der Waals surface area contributed by atoms with Gasteiger partial charge in [-0.05, 0) is 30.5 Å². The Balaban J connectivity index is 1.65. The van der Waals surface area contributed by atoms with Crippen molar-refractivity contribution < 1.29 is 4.79 Å². The van der Waals surface area contributed by atoms with Crippen LogP contribution in [0, 0.1) is 5.92 Å². The van der Waals surface area contributed by atoms with Gasteiger partial charge in [-0.25, -0.2) is 0 Å². The summed E-state index contributed by atoms with van der Waals surface area (Å²) in [6.45, 7) is 0.537. The highest BCUT2D eigenvalue weighted by Crippen LogP contribution is 2.27. The molecule has 1 aromatic heterocycles. The molecule has 1 heterocycles. The summed E-state index contributed by atoms with van der Waals surface area (Å²) in [6, 6.07) is 5.38. The maximum atomic E-state index is 11.9. The highest BCUT2D eigenvalue weighted by Gasteiger charge is 2.25. The number of halogens is 2. The van der Waals surface area contributed by atoms with E-state index in [1.807, 2.05) is 12.3 Å². The summed E-state index contributed by atoms with van der Waals surface area (Å²) < 4.78 is 1.74. The number of hydrogen-bond donors (Lipinski definition) is 1. The van der Waals surface area contributed by atoms with Gasteiger partial charge in [0.1, 0.15) is 0 Å². The lowest BCUT2D eigenvalue weighted by Crippen LogP contribution is -2.27. The van der Waals surface area contributed by atoms with Gasteiger partial charge in [0.2, 0.25) is 5.91 Å². The van der Waals surface area contributed by atoms with Gasteiger partial charge in [-0.1, -0.05) is 35.7 Å². The van der Waals surface area contributed by atoms with Crippen molar-refractivity contribution >= 4 is 34.8 Å². The summed E-state index contributed by atoms with van der Waals surface area (Å²) in [6.07, 6.45) is 6.58. The monoisotopic (exact) mass is 323 g/mol. The van der Waals surface area contributed by atoms with Crippen molar-refractivity contribution in [1.82, 2.24) is 9.78 Å². The standard InChI is InChI=1S/C15H15Cl2N3O/c16-12-5-4-11(14(17)6-12)8-20-9-13(7-18-20)19-15(21)10-2-1-3-10/h4-7,9-10H,1-3,8H2,(H,19,21). The SMILES string of the molecule is O=C(Nc1cnn(Cc2ccc(Cl)cc2Cl)c1)C1CCC1. The van der Waals surface area contributed by atoms with Gasteiger partial charge in [0.05, 0.1) is 18.4 Å². The zero-order chi connectivity index (χ0) is 14.8. The van der Waals surface area contributed by atoms with Gasteiger partial charge in [-0.15, -0.1) is 0 Å². The number of anilines is 1. The fraction of sp³-hybridized carbons (Fsp3) is 0.333. The van der Waals surface area contributed by atoms with Crippen molar-refractivity contribution in [2.45, 2.75) is 25.8 Å². The molecule has 0 atom stereocenters. The first kappa shape index (κ1) is 14.4.